The summed E-state index contributed by atoms with van der Waals surface area (Å²) in [7, 11) is 3.09. The zero-order valence-corrected chi connectivity index (χ0v) is 19.1. The van der Waals surface area contributed by atoms with Crippen LogP contribution in [0.15, 0.2) is 59.3 Å². The van der Waals surface area contributed by atoms with E-state index in [2.05, 4.69) is 26.2 Å². The summed E-state index contributed by atoms with van der Waals surface area (Å²) in [5.41, 5.74) is 1.90. The average Bonchev–Trinajstić information content (AvgIpc) is 2.79. The number of hydrogen-bond donors (Lipinski definition) is 1. The summed E-state index contributed by atoms with van der Waals surface area (Å²) in [5, 5.41) is 2.87. The van der Waals surface area contributed by atoms with Gasteiger partial charge in [-0.1, -0.05) is 6.07 Å². The van der Waals surface area contributed by atoms with Crippen LogP contribution in [0.2, 0.25) is 0 Å². The standard InChI is InChI=1S/C23H23BrN2O5/c1-4-30-22-18(24)10-16(11-21(22)29-3)23(27)26-17-7-8-19(28-2)20(12-17)31-14-15-6-5-9-25-13-15/h5-13H,4,14H2,1-3H3,(H,26,27). The molecule has 3 rings (SSSR count). The number of benzene rings is 2. The molecule has 8 heteroatoms. The second kappa shape index (κ2) is 10.7. The Balaban J connectivity index is 1.79. The Labute approximate surface area is 189 Å². The molecule has 0 radical (unpaired) electrons. The van der Waals surface area contributed by atoms with Crippen molar-refractivity contribution in [2.75, 3.05) is 26.1 Å². The van der Waals surface area contributed by atoms with Crippen LogP contribution in [0, 0.1) is 0 Å². The van der Waals surface area contributed by atoms with E-state index in [0.29, 0.717) is 51.9 Å². The largest absolute Gasteiger partial charge is 0.493 e. The third-order valence-electron chi connectivity index (χ3n) is 4.32. The number of ether oxygens (including phenoxy) is 4. The number of carbonyl (C=O) groups is 1. The summed E-state index contributed by atoms with van der Waals surface area (Å²) in [5.74, 6) is 1.79. The molecule has 2 aromatic carbocycles. The Kier molecular flexibility index (Phi) is 7.72. The molecule has 0 saturated heterocycles. The molecule has 0 atom stereocenters. The topological polar surface area (TPSA) is 78.9 Å². The molecule has 1 aromatic heterocycles. The molecule has 0 bridgehead atoms. The van der Waals surface area contributed by atoms with Gasteiger partial charge in [0.1, 0.15) is 6.61 Å². The highest BCUT2D eigenvalue weighted by Crippen LogP contribution is 2.37. The van der Waals surface area contributed by atoms with E-state index in [1.165, 1.54) is 7.11 Å². The summed E-state index contributed by atoms with van der Waals surface area (Å²) >= 11 is 3.44. The number of amides is 1. The molecule has 0 aliphatic carbocycles. The van der Waals surface area contributed by atoms with E-state index in [1.54, 1.807) is 49.8 Å². The van der Waals surface area contributed by atoms with Crippen molar-refractivity contribution in [2.45, 2.75) is 13.5 Å². The van der Waals surface area contributed by atoms with Crippen LogP contribution in [0.5, 0.6) is 23.0 Å². The lowest BCUT2D eigenvalue weighted by atomic mass is 10.1. The quantitative estimate of drug-likeness (QED) is 0.453. The Morgan fingerprint density at radius 2 is 1.84 bits per heavy atom. The molecule has 7 nitrogen and oxygen atoms in total. The van der Waals surface area contributed by atoms with Gasteiger partial charge in [0.15, 0.2) is 23.0 Å². The number of hydrogen-bond acceptors (Lipinski definition) is 6. The van der Waals surface area contributed by atoms with E-state index >= 15 is 0 Å². The molecule has 0 unspecified atom stereocenters. The van der Waals surface area contributed by atoms with Gasteiger partial charge in [-0.05, 0) is 53.2 Å². The van der Waals surface area contributed by atoms with Crippen LogP contribution < -0.4 is 24.3 Å². The maximum atomic E-state index is 12.8. The Morgan fingerprint density at radius 3 is 2.52 bits per heavy atom. The lowest BCUT2D eigenvalue weighted by molar-refractivity contribution is 0.102. The van der Waals surface area contributed by atoms with Crippen molar-refractivity contribution in [3.05, 3.63) is 70.5 Å². The second-order valence-electron chi connectivity index (χ2n) is 6.39. The van der Waals surface area contributed by atoms with Gasteiger partial charge in [-0.2, -0.15) is 0 Å². The smallest absolute Gasteiger partial charge is 0.255 e. The first-order valence-corrected chi connectivity index (χ1v) is 10.4. The number of aromatic nitrogens is 1. The lowest BCUT2D eigenvalue weighted by Crippen LogP contribution is -2.13. The molecule has 0 spiro atoms. The highest BCUT2D eigenvalue weighted by Gasteiger charge is 2.16. The zero-order valence-electron chi connectivity index (χ0n) is 17.5. The predicted molar refractivity (Wildman–Crippen MR) is 121 cm³/mol. The van der Waals surface area contributed by atoms with E-state index in [4.69, 9.17) is 18.9 Å². The minimum absolute atomic E-state index is 0.301. The molecular formula is C23H23BrN2O5. The van der Waals surface area contributed by atoms with Crippen molar-refractivity contribution < 1.29 is 23.7 Å². The number of rotatable bonds is 9. The molecule has 0 aliphatic rings. The summed E-state index contributed by atoms with van der Waals surface area (Å²) in [6, 6.07) is 12.3. The van der Waals surface area contributed by atoms with E-state index in [-0.39, 0.29) is 5.91 Å². The number of halogens is 1. The summed E-state index contributed by atoms with van der Waals surface area (Å²) < 4.78 is 22.8. The summed E-state index contributed by atoms with van der Waals surface area (Å²) in [6.45, 7) is 2.68. The first kappa shape index (κ1) is 22.4. The highest BCUT2D eigenvalue weighted by molar-refractivity contribution is 9.10. The molecule has 1 heterocycles. The van der Waals surface area contributed by atoms with Gasteiger partial charge in [-0.25, -0.2) is 0 Å². The van der Waals surface area contributed by atoms with Crippen LogP contribution >= 0.6 is 15.9 Å². The number of anilines is 1. The molecule has 1 amide bonds. The molecular weight excluding hydrogens is 464 g/mol. The van der Waals surface area contributed by atoms with E-state index in [0.717, 1.165) is 5.56 Å². The summed E-state index contributed by atoms with van der Waals surface area (Å²) in [6.07, 6.45) is 3.43. The van der Waals surface area contributed by atoms with E-state index < -0.39 is 0 Å². The van der Waals surface area contributed by atoms with Gasteiger partial charge in [0.2, 0.25) is 0 Å². The van der Waals surface area contributed by atoms with Crippen molar-refractivity contribution in [3.8, 4) is 23.0 Å². The molecule has 0 saturated carbocycles. The molecule has 3 aromatic rings. The SMILES string of the molecule is CCOc1c(Br)cc(C(=O)Nc2ccc(OC)c(OCc3cccnc3)c2)cc1OC. The average molecular weight is 487 g/mol. The van der Waals surface area contributed by atoms with Gasteiger partial charge in [0, 0.05) is 35.3 Å². The highest BCUT2D eigenvalue weighted by atomic mass is 79.9. The lowest BCUT2D eigenvalue weighted by Gasteiger charge is -2.15. The molecule has 1 N–H and O–H groups in total. The van der Waals surface area contributed by atoms with Gasteiger partial charge in [-0.3, -0.25) is 9.78 Å². The minimum Gasteiger partial charge on any atom is -0.493 e. The van der Waals surface area contributed by atoms with Crippen LogP contribution in [0.1, 0.15) is 22.8 Å². The zero-order chi connectivity index (χ0) is 22.2. The van der Waals surface area contributed by atoms with E-state index in [1.807, 2.05) is 19.1 Å². The fourth-order valence-electron chi connectivity index (χ4n) is 2.85. The normalized spacial score (nSPS) is 10.3. The van der Waals surface area contributed by atoms with E-state index in [9.17, 15) is 4.79 Å². The van der Waals surface area contributed by atoms with Crippen molar-refractivity contribution >= 4 is 27.5 Å². The third kappa shape index (κ3) is 5.67. The monoisotopic (exact) mass is 486 g/mol. The van der Waals surface area contributed by atoms with Crippen molar-refractivity contribution in [3.63, 3.8) is 0 Å². The first-order valence-electron chi connectivity index (χ1n) is 9.57. The maximum absolute atomic E-state index is 12.8. The second-order valence-corrected chi connectivity index (χ2v) is 7.25. The van der Waals surface area contributed by atoms with Crippen LogP contribution in [0.4, 0.5) is 5.69 Å². The first-order chi connectivity index (χ1) is 15.0. The van der Waals surface area contributed by atoms with Gasteiger partial charge >= 0.3 is 0 Å². The van der Waals surface area contributed by atoms with Gasteiger partial charge in [0.25, 0.3) is 5.91 Å². The molecule has 0 aliphatic heterocycles. The van der Waals surface area contributed by atoms with Crippen molar-refractivity contribution in [2.24, 2.45) is 0 Å². The van der Waals surface area contributed by atoms with Gasteiger partial charge in [0.05, 0.1) is 25.3 Å². The third-order valence-corrected chi connectivity index (χ3v) is 4.91. The predicted octanol–water partition coefficient (Wildman–Crippen LogP) is 5.09. The number of nitrogens with zero attached hydrogens (tertiary/aromatic N) is 1. The molecule has 31 heavy (non-hydrogen) atoms. The maximum Gasteiger partial charge on any atom is 0.255 e. The number of carbonyl (C=O) groups excluding carboxylic acids is 1. The van der Waals surface area contributed by atoms with Crippen LogP contribution in [-0.2, 0) is 6.61 Å². The fourth-order valence-corrected chi connectivity index (χ4v) is 3.41. The summed E-state index contributed by atoms with van der Waals surface area (Å²) in [4.78, 5) is 16.9. The van der Waals surface area contributed by atoms with Crippen LogP contribution in [-0.4, -0.2) is 31.7 Å². The Bertz CT molecular complexity index is 1040. The molecule has 0 fully saturated rings. The van der Waals surface area contributed by atoms with Crippen molar-refractivity contribution in [1.82, 2.24) is 4.98 Å². The van der Waals surface area contributed by atoms with Crippen LogP contribution in [0.3, 0.4) is 0 Å². The molecule has 162 valence electrons. The number of pyridine rings is 1. The van der Waals surface area contributed by atoms with Crippen molar-refractivity contribution in [1.29, 1.82) is 0 Å². The Morgan fingerprint density at radius 1 is 1.03 bits per heavy atom. The van der Waals surface area contributed by atoms with Gasteiger partial charge < -0.3 is 24.3 Å². The number of nitrogens with one attached hydrogen (secondary N) is 1. The van der Waals surface area contributed by atoms with Crippen LogP contribution in [0.25, 0.3) is 0 Å². The fraction of sp³-hybridized carbons (Fsp3) is 0.217. The van der Waals surface area contributed by atoms with Gasteiger partial charge in [-0.15, -0.1) is 0 Å². The number of methoxy groups -OCH3 is 2. The Hall–Kier alpha value is -3.26. The minimum atomic E-state index is -0.301.